The van der Waals surface area contributed by atoms with Gasteiger partial charge in [-0.1, -0.05) is 36.4 Å². The number of halogens is 1. The Hall–Kier alpha value is -1.08. The Labute approximate surface area is 139 Å². The van der Waals surface area contributed by atoms with Gasteiger partial charge in [0.25, 0.3) is 0 Å². The normalized spacial score (nSPS) is 11.1. The van der Waals surface area contributed by atoms with E-state index < -0.39 is 0 Å². The molecule has 0 saturated carbocycles. The zero-order chi connectivity index (χ0) is 14.3. The minimum absolute atomic E-state index is 0. The molecule has 0 heterocycles. The van der Waals surface area contributed by atoms with Crippen LogP contribution in [0.4, 0.5) is 0 Å². The molecule has 4 nitrogen and oxygen atoms in total. The van der Waals surface area contributed by atoms with Crippen LogP contribution in [0.25, 0.3) is 0 Å². The summed E-state index contributed by atoms with van der Waals surface area (Å²) in [4.78, 5) is 6.46. The molecule has 3 N–H and O–H groups in total. The van der Waals surface area contributed by atoms with Gasteiger partial charge < -0.3 is 16.0 Å². The third-order valence-corrected chi connectivity index (χ3v) is 2.49. The summed E-state index contributed by atoms with van der Waals surface area (Å²) in [6.45, 7) is 7.94. The van der Waals surface area contributed by atoms with Gasteiger partial charge in [-0.25, -0.2) is 4.99 Å². The summed E-state index contributed by atoms with van der Waals surface area (Å²) < 4.78 is 0. The van der Waals surface area contributed by atoms with Crippen LogP contribution in [0.5, 0.6) is 0 Å². The van der Waals surface area contributed by atoms with E-state index in [4.69, 9.17) is 5.73 Å². The van der Waals surface area contributed by atoms with Crippen LogP contribution in [0.15, 0.2) is 41.4 Å². The summed E-state index contributed by atoms with van der Waals surface area (Å²) >= 11 is 0. The molecule has 0 spiro atoms. The predicted octanol–water partition coefficient (Wildman–Crippen LogP) is 2.35. The van der Waals surface area contributed by atoms with Crippen molar-refractivity contribution in [3.8, 4) is 0 Å². The maximum absolute atomic E-state index is 5.78. The van der Waals surface area contributed by atoms with E-state index >= 15 is 0 Å². The molecule has 1 aromatic rings. The van der Waals surface area contributed by atoms with E-state index in [2.05, 4.69) is 60.1 Å². The fraction of sp³-hybridized carbons (Fsp3) is 0.400. The van der Waals surface area contributed by atoms with Crippen molar-refractivity contribution in [2.24, 2.45) is 10.7 Å². The van der Waals surface area contributed by atoms with Gasteiger partial charge in [-0.3, -0.25) is 0 Å². The van der Waals surface area contributed by atoms with Crippen molar-refractivity contribution in [1.29, 1.82) is 0 Å². The van der Waals surface area contributed by atoms with Crippen molar-refractivity contribution in [3.63, 3.8) is 0 Å². The van der Waals surface area contributed by atoms with Crippen LogP contribution in [-0.2, 0) is 13.1 Å². The number of aliphatic imine (C=N–C) groups is 1. The van der Waals surface area contributed by atoms with E-state index in [1.165, 1.54) is 11.1 Å². The topological polar surface area (TPSA) is 53.6 Å². The number of guanidine groups is 1. The van der Waals surface area contributed by atoms with Gasteiger partial charge in [0.2, 0.25) is 0 Å². The highest BCUT2D eigenvalue weighted by molar-refractivity contribution is 14.0. The molecule has 5 heteroatoms. The number of benzene rings is 1. The summed E-state index contributed by atoms with van der Waals surface area (Å²) in [6, 6.07) is 8.40. The lowest BCUT2D eigenvalue weighted by atomic mass is 10.1. The van der Waals surface area contributed by atoms with Gasteiger partial charge in [-0.05, 0) is 32.1 Å². The smallest absolute Gasteiger partial charge is 0.189 e. The SMILES string of the molecule is C=C(C)CNC(N)=NCc1cccc(CN(C)C)c1.I. The first-order valence-corrected chi connectivity index (χ1v) is 6.38. The Morgan fingerprint density at radius 3 is 2.60 bits per heavy atom. The highest BCUT2D eigenvalue weighted by Crippen LogP contribution is 2.08. The summed E-state index contributed by atoms with van der Waals surface area (Å²) in [6.07, 6.45) is 0. The average Bonchev–Trinajstić information content (AvgIpc) is 2.33. The van der Waals surface area contributed by atoms with Gasteiger partial charge in [-0.2, -0.15) is 0 Å². The minimum atomic E-state index is 0. The fourth-order valence-electron chi connectivity index (χ4n) is 1.67. The summed E-state index contributed by atoms with van der Waals surface area (Å²) in [5, 5.41) is 3.02. The lowest BCUT2D eigenvalue weighted by molar-refractivity contribution is 0.402. The summed E-state index contributed by atoms with van der Waals surface area (Å²) in [5.74, 6) is 0.459. The van der Waals surface area contributed by atoms with Gasteiger partial charge in [0.1, 0.15) is 0 Å². The van der Waals surface area contributed by atoms with Crippen LogP contribution >= 0.6 is 24.0 Å². The van der Waals surface area contributed by atoms with Gasteiger partial charge in [0, 0.05) is 13.1 Å². The Balaban J connectivity index is 0.00000361. The number of nitrogens with two attached hydrogens (primary N) is 1. The first-order valence-electron chi connectivity index (χ1n) is 6.38. The average molecular weight is 388 g/mol. The summed E-state index contributed by atoms with van der Waals surface area (Å²) in [5.41, 5.74) is 9.26. The number of hydrogen-bond acceptors (Lipinski definition) is 2. The maximum Gasteiger partial charge on any atom is 0.189 e. The van der Waals surface area contributed by atoms with Crippen molar-refractivity contribution in [3.05, 3.63) is 47.5 Å². The lowest BCUT2D eigenvalue weighted by Crippen LogP contribution is -2.32. The van der Waals surface area contributed by atoms with E-state index in [1.807, 2.05) is 6.92 Å². The standard InChI is InChI=1S/C15H24N4.HI/c1-12(2)9-17-15(16)18-10-13-6-5-7-14(8-13)11-19(3)4;/h5-8H,1,9-11H2,2-4H3,(H3,16,17,18);1H. The summed E-state index contributed by atoms with van der Waals surface area (Å²) in [7, 11) is 4.12. The Kier molecular flexibility index (Phi) is 9.24. The highest BCUT2D eigenvalue weighted by Gasteiger charge is 1.98. The zero-order valence-electron chi connectivity index (χ0n) is 12.5. The van der Waals surface area contributed by atoms with Gasteiger partial charge in [-0.15, -0.1) is 24.0 Å². The second kappa shape index (κ2) is 9.77. The van der Waals surface area contributed by atoms with Crippen LogP contribution in [0.3, 0.4) is 0 Å². The first kappa shape index (κ1) is 18.9. The highest BCUT2D eigenvalue weighted by atomic mass is 127. The quantitative estimate of drug-likeness (QED) is 0.341. The van der Waals surface area contributed by atoms with Crippen molar-refractivity contribution in [2.75, 3.05) is 20.6 Å². The Morgan fingerprint density at radius 2 is 2.00 bits per heavy atom. The third-order valence-electron chi connectivity index (χ3n) is 2.49. The molecule has 20 heavy (non-hydrogen) atoms. The Bertz CT molecular complexity index is 455. The van der Waals surface area contributed by atoms with Gasteiger partial charge in [0.05, 0.1) is 6.54 Å². The Morgan fingerprint density at radius 1 is 1.35 bits per heavy atom. The third kappa shape index (κ3) is 8.16. The van der Waals surface area contributed by atoms with E-state index in [0.29, 0.717) is 19.0 Å². The maximum atomic E-state index is 5.78. The van der Waals surface area contributed by atoms with Gasteiger partial charge >= 0.3 is 0 Å². The first-order chi connectivity index (χ1) is 8.97. The van der Waals surface area contributed by atoms with Crippen LogP contribution in [0.1, 0.15) is 18.1 Å². The zero-order valence-corrected chi connectivity index (χ0v) is 14.8. The fourth-order valence-corrected chi connectivity index (χ4v) is 1.67. The van der Waals surface area contributed by atoms with E-state index in [1.54, 1.807) is 0 Å². The molecule has 0 unspecified atom stereocenters. The number of hydrogen-bond donors (Lipinski definition) is 2. The molecule has 0 aliphatic heterocycles. The van der Waals surface area contributed by atoms with E-state index in [0.717, 1.165) is 12.1 Å². The molecule has 0 fully saturated rings. The molecule has 1 rings (SSSR count). The number of nitrogens with zero attached hydrogens (tertiary/aromatic N) is 2. The molecule has 0 atom stereocenters. The molecule has 0 aromatic heterocycles. The van der Waals surface area contributed by atoms with Crippen molar-refractivity contribution in [1.82, 2.24) is 10.2 Å². The molecule has 112 valence electrons. The second-order valence-electron chi connectivity index (χ2n) is 5.07. The van der Waals surface area contributed by atoms with Crippen LogP contribution in [-0.4, -0.2) is 31.5 Å². The molecule has 0 amide bonds. The van der Waals surface area contributed by atoms with E-state index in [9.17, 15) is 0 Å². The molecule has 0 saturated heterocycles. The molecule has 1 aromatic carbocycles. The largest absolute Gasteiger partial charge is 0.370 e. The monoisotopic (exact) mass is 388 g/mol. The van der Waals surface area contributed by atoms with Gasteiger partial charge in [0.15, 0.2) is 5.96 Å². The van der Waals surface area contributed by atoms with Crippen LogP contribution < -0.4 is 11.1 Å². The number of rotatable bonds is 6. The lowest BCUT2D eigenvalue weighted by Gasteiger charge is -2.10. The molecular formula is C15H25IN4. The van der Waals surface area contributed by atoms with E-state index in [-0.39, 0.29) is 24.0 Å². The second-order valence-corrected chi connectivity index (χ2v) is 5.07. The molecular weight excluding hydrogens is 363 g/mol. The predicted molar refractivity (Wildman–Crippen MR) is 97.4 cm³/mol. The molecule has 0 radical (unpaired) electrons. The molecule has 0 bridgehead atoms. The van der Waals surface area contributed by atoms with Crippen LogP contribution in [0.2, 0.25) is 0 Å². The number of nitrogens with one attached hydrogen (secondary N) is 1. The molecule has 0 aliphatic carbocycles. The van der Waals surface area contributed by atoms with Crippen LogP contribution in [0, 0.1) is 0 Å². The van der Waals surface area contributed by atoms with Crippen molar-refractivity contribution < 1.29 is 0 Å². The molecule has 0 aliphatic rings. The minimum Gasteiger partial charge on any atom is -0.370 e. The van der Waals surface area contributed by atoms with Crippen molar-refractivity contribution in [2.45, 2.75) is 20.0 Å². The van der Waals surface area contributed by atoms with Crippen molar-refractivity contribution >= 4 is 29.9 Å².